The van der Waals surface area contributed by atoms with Gasteiger partial charge in [-0.3, -0.25) is 9.59 Å². The highest BCUT2D eigenvalue weighted by atomic mass is 32.2. The van der Waals surface area contributed by atoms with Gasteiger partial charge in [-0.1, -0.05) is 18.2 Å². The third kappa shape index (κ3) is 5.38. The number of hydrogen-bond acceptors (Lipinski definition) is 7. The van der Waals surface area contributed by atoms with Crippen molar-refractivity contribution in [3.8, 4) is 22.8 Å². The molecule has 37 heavy (non-hydrogen) atoms. The fraction of sp³-hybridized carbons (Fsp3) is 0.320. The molecule has 0 saturated carbocycles. The summed E-state index contributed by atoms with van der Waals surface area (Å²) in [6.07, 6.45) is -4.20. The molecule has 1 aromatic heterocycles. The minimum absolute atomic E-state index is 0.0153. The molecule has 0 bridgehead atoms. The predicted molar refractivity (Wildman–Crippen MR) is 129 cm³/mol. The molecule has 0 spiro atoms. The quantitative estimate of drug-likeness (QED) is 0.501. The van der Waals surface area contributed by atoms with E-state index in [1.807, 2.05) is 6.07 Å². The molecule has 194 valence electrons. The van der Waals surface area contributed by atoms with Crippen LogP contribution in [0.1, 0.15) is 32.3 Å². The van der Waals surface area contributed by atoms with Crippen LogP contribution in [0.5, 0.6) is 11.5 Å². The van der Waals surface area contributed by atoms with E-state index < -0.39 is 18.0 Å². The zero-order chi connectivity index (χ0) is 26.2. The third-order valence-electron chi connectivity index (χ3n) is 5.94. The number of amides is 2. The summed E-state index contributed by atoms with van der Waals surface area (Å²) in [5.74, 6) is 0.480. The van der Waals surface area contributed by atoms with Gasteiger partial charge in [-0.05, 0) is 24.3 Å². The van der Waals surface area contributed by atoms with Gasteiger partial charge < -0.3 is 24.1 Å². The van der Waals surface area contributed by atoms with Crippen molar-refractivity contribution in [1.82, 2.24) is 15.2 Å². The first-order chi connectivity index (χ1) is 17.7. The number of carbonyl (C=O) groups is 2. The summed E-state index contributed by atoms with van der Waals surface area (Å²) in [6, 6.07) is 10.5. The summed E-state index contributed by atoms with van der Waals surface area (Å²) in [5, 5.41) is 2.56. The van der Waals surface area contributed by atoms with Crippen LogP contribution in [0.2, 0.25) is 0 Å². The maximum absolute atomic E-state index is 13.5. The number of aryl methyl sites for hydroxylation is 1. The first-order valence-corrected chi connectivity index (χ1v) is 12.5. The zero-order valence-electron chi connectivity index (χ0n) is 19.6. The van der Waals surface area contributed by atoms with Gasteiger partial charge in [0.05, 0.1) is 12.0 Å². The van der Waals surface area contributed by atoms with E-state index >= 15 is 0 Å². The molecular formula is C25H22F3N3O5S. The van der Waals surface area contributed by atoms with E-state index in [9.17, 15) is 22.8 Å². The minimum Gasteiger partial charge on any atom is -0.493 e. The van der Waals surface area contributed by atoms with E-state index in [4.69, 9.17) is 9.15 Å². The number of benzene rings is 2. The standard InChI is InChI=1S/C25H22F3N3O5S/c1-14-30-21(22(35-14)15-4-2-5-16(12-15)36-25(26,27)28)24(33)31-9-11-37-20(31)13-29-23(32)18-6-3-7-19-17(18)8-10-34-19/h2-7,12,20H,8-11,13H2,1H3,(H,29,32). The number of fused-ring (bicyclic) bond motifs is 1. The van der Waals surface area contributed by atoms with Crippen LogP contribution in [0.25, 0.3) is 11.3 Å². The Morgan fingerprint density at radius 1 is 1.24 bits per heavy atom. The van der Waals surface area contributed by atoms with Crippen molar-refractivity contribution in [1.29, 1.82) is 0 Å². The summed E-state index contributed by atoms with van der Waals surface area (Å²) in [6.45, 7) is 2.71. The Morgan fingerprint density at radius 2 is 2.05 bits per heavy atom. The molecule has 1 unspecified atom stereocenters. The van der Waals surface area contributed by atoms with Gasteiger partial charge in [0.2, 0.25) is 0 Å². The zero-order valence-corrected chi connectivity index (χ0v) is 20.4. The Hall–Kier alpha value is -3.67. The lowest BCUT2D eigenvalue weighted by molar-refractivity contribution is -0.274. The lowest BCUT2D eigenvalue weighted by Crippen LogP contribution is -2.42. The number of alkyl halides is 3. The molecule has 2 aromatic carbocycles. The maximum Gasteiger partial charge on any atom is 0.573 e. The molecule has 1 fully saturated rings. The smallest absolute Gasteiger partial charge is 0.493 e. The summed E-state index contributed by atoms with van der Waals surface area (Å²) in [7, 11) is 0. The second-order valence-electron chi connectivity index (χ2n) is 8.40. The highest BCUT2D eigenvalue weighted by Gasteiger charge is 2.35. The topological polar surface area (TPSA) is 93.9 Å². The molecular weight excluding hydrogens is 511 g/mol. The van der Waals surface area contributed by atoms with Gasteiger partial charge in [0.25, 0.3) is 11.8 Å². The number of ether oxygens (including phenoxy) is 2. The molecule has 3 aromatic rings. The molecule has 2 amide bonds. The van der Waals surface area contributed by atoms with Crippen LogP contribution in [0.15, 0.2) is 46.9 Å². The molecule has 1 atom stereocenters. The number of thioether (sulfide) groups is 1. The summed E-state index contributed by atoms with van der Waals surface area (Å²) in [4.78, 5) is 32.2. The number of nitrogens with zero attached hydrogens (tertiary/aromatic N) is 2. The lowest BCUT2D eigenvalue weighted by atomic mass is 10.0. The summed E-state index contributed by atoms with van der Waals surface area (Å²) >= 11 is 1.52. The third-order valence-corrected chi connectivity index (χ3v) is 7.17. The minimum atomic E-state index is -4.86. The predicted octanol–water partition coefficient (Wildman–Crippen LogP) is 4.43. The van der Waals surface area contributed by atoms with Crippen molar-refractivity contribution < 1.29 is 36.7 Å². The number of rotatable bonds is 6. The SMILES string of the molecule is Cc1nc(C(=O)N2CCSC2CNC(=O)c2cccc3c2CCO3)c(-c2cccc(OC(F)(F)F)c2)o1. The van der Waals surface area contributed by atoms with Gasteiger partial charge in [-0.25, -0.2) is 4.98 Å². The second kappa shape index (κ2) is 10.0. The Balaban J connectivity index is 1.32. The number of halogens is 3. The van der Waals surface area contributed by atoms with E-state index in [0.717, 1.165) is 17.7 Å². The second-order valence-corrected chi connectivity index (χ2v) is 9.69. The highest BCUT2D eigenvalue weighted by Crippen LogP contribution is 2.33. The van der Waals surface area contributed by atoms with Crippen molar-refractivity contribution in [2.24, 2.45) is 0 Å². The molecule has 2 aliphatic heterocycles. The first kappa shape index (κ1) is 25.0. The first-order valence-electron chi connectivity index (χ1n) is 11.5. The van der Waals surface area contributed by atoms with E-state index in [2.05, 4.69) is 15.0 Å². The monoisotopic (exact) mass is 533 g/mol. The van der Waals surface area contributed by atoms with Gasteiger partial charge in [0, 0.05) is 48.9 Å². The molecule has 0 aliphatic carbocycles. The molecule has 1 N–H and O–H groups in total. The van der Waals surface area contributed by atoms with Crippen LogP contribution in [0, 0.1) is 6.92 Å². The molecule has 8 nitrogen and oxygen atoms in total. The van der Waals surface area contributed by atoms with Gasteiger partial charge in [0.15, 0.2) is 17.3 Å². The Morgan fingerprint density at radius 3 is 2.86 bits per heavy atom. The molecule has 3 heterocycles. The van der Waals surface area contributed by atoms with Crippen molar-refractivity contribution in [2.45, 2.75) is 25.1 Å². The van der Waals surface area contributed by atoms with Crippen LogP contribution in [-0.4, -0.2) is 58.9 Å². The lowest BCUT2D eigenvalue weighted by Gasteiger charge is -2.23. The summed E-state index contributed by atoms with van der Waals surface area (Å²) in [5.41, 5.74) is 1.62. The normalized spacial score (nSPS) is 16.9. The Kier molecular flexibility index (Phi) is 6.76. The number of oxazole rings is 1. The van der Waals surface area contributed by atoms with E-state index in [0.29, 0.717) is 36.6 Å². The van der Waals surface area contributed by atoms with Crippen LogP contribution in [0.3, 0.4) is 0 Å². The Labute approximate surface area is 214 Å². The maximum atomic E-state index is 13.5. The van der Waals surface area contributed by atoms with Gasteiger partial charge in [0.1, 0.15) is 11.5 Å². The average Bonchev–Trinajstić information content (AvgIpc) is 3.60. The molecule has 1 saturated heterocycles. The van der Waals surface area contributed by atoms with Crippen LogP contribution in [-0.2, 0) is 6.42 Å². The fourth-order valence-electron chi connectivity index (χ4n) is 4.37. The van der Waals surface area contributed by atoms with Crippen molar-refractivity contribution in [3.63, 3.8) is 0 Å². The van der Waals surface area contributed by atoms with Gasteiger partial charge in [-0.15, -0.1) is 24.9 Å². The van der Waals surface area contributed by atoms with Crippen molar-refractivity contribution in [3.05, 3.63) is 65.2 Å². The average molecular weight is 534 g/mol. The fourth-order valence-corrected chi connectivity index (χ4v) is 5.53. The highest BCUT2D eigenvalue weighted by molar-refractivity contribution is 8.00. The van der Waals surface area contributed by atoms with E-state index in [-0.39, 0.29) is 40.7 Å². The summed E-state index contributed by atoms with van der Waals surface area (Å²) < 4.78 is 53.2. The number of aromatic nitrogens is 1. The van der Waals surface area contributed by atoms with Crippen LogP contribution >= 0.6 is 11.8 Å². The number of nitrogens with one attached hydrogen (secondary N) is 1. The molecule has 2 aliphatic rings. The Bertz CT molecular complexity index is 1340. The largest absolute Gasteiger partial charge is 0.573 e. The number of hydrogen-bond donors (Lipinski definition) is 1. The van der Waals surface area contributed by atoms with Crippen molar-refractivity contribution >= 4 is 23.6 Å². The van der Waals surface area contributed by atoms with Crippen LogP contribution < -0.4 is 14.8 Å². The van der Waals surface area contributed by atoms with Gasteiger partial charge >= 0.3 is 6.36 Å². The van der Waals surface area contributed by atoms with Gasteiger partial charge in [-0.2, -0.15) is 0 Å². The molecule has 12 heteroatoms. The molecule has 0 radical (unpaired) electrons. The van der Waals surface area contributed by atoms with Crippen LogP contribution in [0.4, 0.5) is 13.2 Å². The van der Waals surface area contributed by atoms with E-state index in [1.54, 1.807) is 24.0 Å². The number of carbonyl (C=O) groups excluding carboxylic acids is 2. The van der Waals surface area contributed by atoms with E-state index in [1.165, 1.54) is 23.9 Å². The van der Waals surface area contributed by atoms with Crippen molar-refractivity contribution in [2.75, 3.05) is 25.4 Å². The molecule has 5 rings (SSSR count).